The Labute approximate surface area is 196 Å². The molecule has 1 aromatic heterocycles. The fourth-order valence-corrected chi connectivity index (χ4v) is 4.91. The standard InChI is InChI=1S/C26H29F4N3O/c27-9-3-10-31-11-13-34-17-14-20(28)23(21(29)15-17)25-24-19(18-4-1-2-5-22(18)32-24)6-12-33(25)16-26(30)7-8-26/h1-2,4-5,14-15,25,31-32H,3,6-13,16H2. The number of halogens is 4. The Hall–Kier alpha value is -2.58. The highest BCUT2D eigenvalue weighted by atomic mass is 19.1. The second-order valence-electron chi connectivity index (χ2n) is 9.28. The van der Waals surface area contributed by atoms with Crippen LogP contribution in [0.5, 0.6) is 5.75 Å². The predicted octanol–water partition coefficient (Wildman–Crippen LogP) is 5.22. The Morgan fingerprint density at radius 1 is 1.12 bits per heavy atom. The van der Waals surface area contributed by atoms with Crippen LogP contribution in [0.1, 0.15) is 42.1 Å². The van der Waals surface area contributed by atoms with Crippen molar-refractivity contribution in [1.82, 2.24) is 15.2 Å². The highest BCUT2D eigenvalue weighted by Gasteiger charge is 2.47. The molecular formula is C26H29F4N3O. The molecule has 1 saturated carbocycles. The first-order valence-electron chi connectivity index (χ1n) is 11.9. The van der Waals surface area contributed by atoms with Gasteiger partial charge in [-0.15, -0.1) is 0 Å². The summed E-state index contributed by atoms with van der Waals surface area (Å²) in [5.41, 5.74) is 1.28. The highest BCUT2D eigenvalue weighted by Crippen LogP contribution is 2.46. The zero-order valence-electron chi connectivity index (χ0n) is 19.0. The van der Waals surface area contributed by atoms with E-state index in [1.165, 1.54) is 12.1 Å². The number of nitrogens with one attached hydrogen (secondary N) is 2. The van der Waals surface area contributed by atoms with Crippen LogP contribution in [0.4, 0.5) is 17.6 Å². The fourth-order valence-electron chi connectivity index (χ4n) is 4.91. The number of aromatic nitrogens is 1. The Kier molecular flexibility index (Phi) is 6.53. The highest BCUT2D eigenvalue weighted by molar-refractivity contribution is 5.85. The molecule has 1 fully saturated rings. The van der Waals surface area contributed by atoms with E-state index in [1.807, 2.05) is 29.2 Å². The van der Waals surface area contributed by atoms with Crippen LogP contribution < -0.4 is 10.1 Å². The van der Waals surface area contributed by atoms with Gasteiger partial charge in [-0.3, -0.25) is 9.29 Å². The van der Waals surface area contributed by atoms with Crippen LogP contribution in [-0.2, 0) is 6.42 Å². The molecule has 182 valence electrons. The van der Waals surface area contributed by atoms with Gasteiger partial charge in [0.25, 0.3) is 0 Å². The summed E-state index contributed by atoms with van der Waals surface area (Å²) in [5.74, 6) is -1.34. The van der Waals surface area contributed by atoms with Crippen molar-refractivity contribution in [1.29, 1.82) is 0 Å². The zero-order chi connectivity index (χ0) is 23.7. The summed E-state index contributed by atoms with van der Waals surface area (Å²) in [7, 11) is 0. The van der Waals surface area contributed by atoms with Gasteiger partial charge >= 0.3 is 0 Å². The summed E-state index contributed by atoms with van der Waals surface area (Å²) in [6.07, 6.45) is 2.05. The molecule has 0 bridgehead atoms. The van der Waals surface area contributed by atoms with Crippen LogP contribution in [-0.4, -0.2) is 55.0 Å². The first kappa shape index (κ1) is 23.2. The maximum Gasteiger partial charge on any atom is 0.135 e. The van der Waals surface area contributed by atoms with Crippen LogP contribution in [0.2, 0.25) is 0 Å². The summed E-state index contributed by atoms with van der Waals surface area (Å²) < 4.78 is 63.3. The smallest absolute Gasteiger partial charge is 0.135 e. The third-order valence-corrected chi connectivity index (χ3v) is 6.77. The summed E-state index contributed by atoms with van der Waals surface area (Å²) in [6.45, 7) is 1.43. The minimum Gasteiger partial charge on any atom is -0.492 e. The average molecular weight is 476 g/mol. The van der Waals surface area contributed by atoms with Gasteiger partial charge in [0.1, 0.15) is 29.7 Å². The second kappa shape index (κ2) is 9.58. The van der Waals surface area contributed by atoms with E-state index < -0.39 is 30.0 Å². The van der Waals surface area contributed by atoms with E-state index in [9.17, 15) is 8.78 Å². The molecule has 1 aliphatic heterocycles. The van der Waals surface area contributed by atoms with Crippen molar-refractivity contribution in [3.05, 3.63) is 64.9 Å². The van der Waals surface area contributed by atoms with Crippen molar-refractivity contribution < 1.29 is 22.3 Å². The number of aromatic amines is 1. The van der Waals surface area contributed by atoms with Crippen molar-refractivity contribution >= 4 is 10.9 Å². The average Bonchev–Trinajstić information content (AvgIpc) is 3.42. The van der Waals surface area contributed by atoms with Crippen LogP contribution >= 0.6 is 0 Å². The number of ether oxygens (including phenoxy) is 1. The quantitative estimate of drug-likeness (QED) is 0.312. The van der Waals surface area contributed by atoms with Gasteiger partial charge in [0, 0.05) is 53.9 Å². The fraction of sp³-hybridized carbons (Fsp3) is 0.462. The number of rotatable bonds is 10. The largest absolute Gasteiger partial charge is 0.492 e. The molecule has 0 radical (unpaired) electrons. The molecule has 34 heavy (non-hydrogen) atoms. The number of hydrogen-bond donors (Lipinski definition) is 2. The van der Waals surface area contributed by atoms with E-state index in [2.05, 4.69) is 10.3 Å². The number of para-hydroxylation sites is 1. The van der Waals surface area contributed by atoms with Crippen molar-refractivity contribution in [3.8, 4) is 5.75 Å². The van der Waals surface area contributed by atoms with Crippen molar-refractivity contribution in [2.45, 2.75) is 37.4 Å². The van der Waals surface area contributed by atoms with Crippen LogP contribution in [0.25, 0.3) is 10.9 Å². The SMILES string of the molecule is FCCCNCCOc1cc(F)c(C2c3[nH]c4ccccc4c3CCN2CC2(F)CC2)c(F)c1. The first-order valence-corrected chi connectivity index (χ1v) is 11.9. The van der Waals surface area contributed by atoms with E-state index in [-0.39, 0.29) is 24.5 Å². The summed E-state index contributed by atoms with van der Waals surface area (Å²) in [5, 5.41) is 4.04. The Morgan fingerprint density at radius 3 is 2.62 bits per heavy atom. The predicted molar refractivity (Wildman–Crippen MR) is 124 cm³/mol. The molecule has 0 amide bonds. The monoisotopic (exact) mass is 475 g/mol. The number of fused-ring (bicyclic) bond motifs is 3. The number of alkyl halides is 2. The van der Waals surface area contributed by atoms with Gasteiger partial charge in [-0.25, -0.2) is 13.2 Å². The Bertz CT molecular complexity index is 1140. The lowest BCUT2D eigenvalue weighted by molar-refractivity contribution is 0.135. The number of hydrogen-bond acceptors (Lipinski definition) is 3. The van der Waals surface area contributed by atoms with Crippen LogP contribution in [0, 0.1) is 11.6 Å². The molecule has 2 N–H and O–H groups in total. The summed E-state index contributed by atoms with van der Waals surface area (Å²) >= 11 is 0. The molecule has 1 unspecified atom stereocenters. The van der Waals surface area contributed by atoms with Gasteiger partial charge in [0.15, 0.2) is 0 Å². The molecular weight excluding hydrogens is 446 g/mol. The van der Waals surface area contributed by atoms with Crippen molar-refractivity contribution in [3.63, 3.8) is 0 Å². The number of benzene rings is 2. The van der Waals surface area contributed by atoms with Gasteiger partial charge in [0.2, 0.25) is 0 Å². The molecule has 8 heteroatoms. The number of H-pyrrole nitrogens is 1. The summed E-state index contributed by atoms with van der Waals surface area (Å²) in [4.78, 5) is 5.23. The van der Waals surface area contributed by atoms with Gasteiger partial charge in [0.05, 0.1) is 12.7 Å². The topological polar surface area (TPSA) is 40.3 Å². The maximum atomic E-state index is 15.4. The normalized spacial score (nSPS) is 19.4. The maximum absolute atomic E-state index is 15.4. The third kappa shape index (κ3) is 4.66. The molecule has 0 spiro atoms. The lowest BCUT2D eigenvalue weighted by Gasteiger charge is -2.37. The molecule has 1 aliphatic carbocycles. The van der Waals surface area contributed by atoms with Crippen molar-refractivity contribution in [2.24, 2.45) is 0 Å². The Balaban J connectivity index is 1.45. The molecule has 2 aliphatic rings. The molecule has 3 aromatic rings. The molecule has 4 nitrogen and oxygen atoms in total. The molecule has 2 aromatic carbocycles. The number of nitrogens with zero attached hydrogens (tertiary/aromatic N) is 1. The van der Waals surface area contributed by atoms with Crippen molar-refractivity contribution in [2.75, 3.05) is 39.5 Å². The molecule has 0 saturated heterocycles. The molecule has 1 atom stereocenters. The summed E-state index contributed by atoms with van der Waals surface area (Å²) in [6, 6.07) is 9.43. The zero-order valence-corrected chi connectivity index (χ0v) is 19.0. The minimum atomic E-state index is -1.28. The van der Waals surface area contributed by atoms with Gasteiger partial charge in [-0.05, 0) is 43.9 Å². The molecule has 2 heterocycles. The van der Waals surface area contributed by atoms with E-state index in [4.69, 9.17) is 4.74 Å². The van der Waals surface area contributed by atoms with Gasteiger partial charge < -0.3 is 15.0 Å². The van der Waals surface area contributed by atoms with Crippen LogP contribution in [0.3, 0.4) is 0 Å². The van der Waals surface area contributed by atoms with Gasteiger partial charge in [-0.2, -0.15) is 0 Å². The van der Waals surface area contributed by atoms with E-state index >= 15 is 8.78 Å². The third-order valence-electron chi connectivity index (χ3n) is 6.77. The lowest BCUT2D eigenvalue weighted by Crippen LogP contribution is -2.41. The minimum absolute atomic E-state index is 0.0921. The van der Waals surface area contributed by atoms with E-state index in [0.717, 1.165) is 22.2 Å². The second-order valence-corrected chi connectivity index (χ2v) is 9.28. The van der Waals surface area contributed by atoms with E-state index in [0.29, 0.717) is 45.3 Å². The lowest BCUT2D eigenvalue weighted by atomic mass is 9.91. The van der Waals surface area contributed by atoms with Crippen LogP contribution in [0.15, 0.2) is 36.4 Å². The molecule has 5 rings (SSSR count). The van der Waals surface area contributed by atoms with E-state index in [1.54, 1.807) is 0 Å². The Morgan fingerprint density at radius 2 is 1.88 bits per heavy atom. The van der Waals surface area contributed by atoms with Gasteiger partial charge in [-0.1, -0.05) is 18.2 Å². The first-order chi connectivity index (χ1) is 16.5.